The largest absolute Gasteiger partial charge is 0.493 e. The first kappa shape index (κ1) is 19.7. The Morgan fingerprint density at radius 2 is 1.73 bits per heavy atom. The third-order valence-corrected chi connectivity index (χ3v) is 5.71. The van der Waals surface area contributed by atoms with Crippen molar-refractivity contribution >= 4 is 23.2 Å². The van der Waals surface area contributed by atoms with Crippen LogP contribution in [0.1, 0.15) is 44.3 Å². The van der Waals surface area contributed by atoms with Crippen molar-refractivity contribution in [3.05, 3.63) is 81.5 Å². The van der Waals surface area contributed by atoms with Gasteiger partial charge in [-0.15, -0.1) is 0 Å². The van der Waals surface area contributed by atoms with E-state index in [4.69, 9.17) is 9.47 Å². The lowest BCUT2D eigenvalue weighted by Crippen LogP contribution is -2.34. The Morgan fingerprint density at radius 1 is 1.03 bits per heavy atom. The van der Waals surface area contributed by atoms with Gasteiger partial charge in [0.05, 0.1) is 36.8 Å². The zero-order valence-electron chi connectivity index (χ0n) is 16.2. The van der Waals surface area contributed by atoms with E-state index in [-0.39, 0.29) is 18.2 Å². The van der Waals surface area contributed by atoms with E-state index in [2.05, 4.69) is 6.07 Å². The first-order valence-corrected chi connectivity index (χ1v) is 10.2. The average molecular weight is 418 g/mol. The summed E-state index contributed by atoms with van der Waals surface area (Å²) in [5.41, 5.74) is 2.44. The van der Waals surface area contributed by atoms with Crippen molar-refractivity contribution < 1.29 is 19.1 Å². The molecule has 6 nitrogen and oxygen atoms in total. The van der Waals surface area contributed by atoms with Gasteiger partial charge >= 0.3 is 0 Å². The number of hydrogen-bond acceptors (Lipinski definition) is 6. The Bertz CT molecular complexity index is 1100. The second kappa shape index (κ2) is 8.39. The van der Waals surface area contributed by atoms with Crippen molar-refractivity contribution in [3.8, 4) is 17.6 Å². The van der Waals surface area contributed by atoms with Crippen LogP contribution in [0.4, 0.5) is 0 Å². The second-order valence-corrected chi connectivity index (χ2v) is 7.49. The predicted octanol–water partition coefficient (Wildman–Crippen LogP) is 4.59. The molecule has 0 saturated carbocycles. The molecule has 2 amide bonds. The molecule has 1 atom stereocenters. The van der Waals surface area contributed by atoms with Gasteiger partial charge in [-0.3, -0.25) is 14.5 Å². The number of nitriles is 1. The number of imide groups is 1. The molecule has 0 fully saturated rings. The molecule has 2 heterocycles. The second-order valence-electron chi connectivity index (χ2n) is 6.74. The first-order chi connectivity index (χ1) is 14.6. The number of hydrogen-bond donors (Lipinski definition) is 0. The van der Waals surface area contributed by atoms with Crippen LogP contribution in [-0.4, -0.2) is 23.8 Å². The minimum atomic E-state index is -0.704. The lowest BCUT2D eigenvalue weighted by molar-refractivity contribution is 0.0584. The van der Waals surface area contributed by atoms with Crippen LogP contribution >= 0.6 is 11.3 Å². The summed E-state index contributed by atoms with van der Waals surface area (Å²) in [5, 5.41) is 12.7. The topological polar surface area (TPSA) is 79.6 Å². The van der Waals surface area contributed by atoms with Gasteiger partial charge in [-0.05, 0) is 23.3 Å². The summed E-state index contributed by atoms with van der Waals surface area (Å²) in [5.74, 6) is 0.262. The molecule has 0 N–H and O–H groups in total. The van der Waals surface area contributed by atoms with Gasteiger partial charge in [-0.25, -0.2) is 0 Å². The van der Waals surface area contributed by atoms with Gasteiger partial charge in [0.25, 0.3) is 11.8 Å². The molecule has 7 heteroatoms. The lowest BCUT2D eigenvalue weighted by atomic mass is 10.0. The van der Waals surface area contributed by atoms with Crippen LogP contribution in [0, 0.1) is 11.3 Å². The highest BCUT2D eigenvalue weighted by Crippen LogP contribution is 2.38. The van der Waals surface area contributed by atoms with Crippen molar-refractivity contribution in [2.24, 2.45) is 0 Å². The number of amides is 2. The summed E-state index contributed by atoms with van der Waals surface area (Å²) in [7, 11) is 1.52. The van der Waals surface area contributed by atoms with Gasteiger partial charge in [-0.1, -0.05) is 36.4 Å². The van der Waals surface area contributed by atoms with Crippen molar-refractivity contribution in [1.82, 2.24) is 4.90 Å². The molecule has 150 valence electrons. The van der Waals surface area contributed by atoms with Crippen LogP contribution in [0.15, 0.2) is 59.3 Å². The molecule has 0 bridgehead atoms. The highest BCUT2D eigenvalue weighted by atomic mass is 32.1. The maximum Gasteiger partial charge on any atom is 0.263 e. The van der Waals surface area contributed by atoms with E-state index < -0.39 is 6.04 Å². The fourth-order valence-corrected chi connectivity index (χ4v) is 4.25. The smallest absolute Gasteiger partial charge is 0.263 e. The van der Waals surface area contributed by atoms with Crippen LogP contribution < -0.4 is 9.47 Å². The molecule has 0 aliphatic carbocycles. The number of ether oxygens (including phenoxy) is 2. The molecule has 1 unspecified atom stereocenters. The van der Waals surface area contributed by atoms with E-state index in [9.17, 15) is 14.9 Å². The number of methoxy groups -OCH3 is 1. The molecular weight excluding hydrogens is 400 g/mol. The molecule has 30 heavy (non-hydrogen) atoms. The van der Waals surface area contributed by atoms with Gasteiger partial charge in [0.15, 0.2) is 11.5 Å². The van der Waals surface area contributed by atoms with Crippen molar-refractivity contribution in [1.29, 1.82) is 5.26 Å². The molecule has 1 aromatic heterocycles. The van der Waals surface area contributed by atoms with Crippen molar-refractivity contribution in [2.45, 2.75) is 19.1 Å². The number of carbonyl (C=O) groups is 2. The lowest BCUT2D eigenvalue weighted by Gasteiger charge is -2.25. The SMILES string of the molecule is COc1cc(C(CC#N)N2C(=O)c3cscc3C2=O)ccc1OCc1ccccc1. The maximum absolute atomic E-state index is 12.8. The van der Waals surface area contributed by atoms with E-state index in [0.717, 1.165) is 5.56 Å². The molecule has 0 saturated heterocycles. The van der Waals surface area contributed by atoms with Crippen LogP contribution in [0.2, 0.25) is 0 Å². The zero-order chi connectivity index (χ0) is 21.1. The standard InChI is InChI=1S/C23H18N2O4S/c1-28-21-11-16(7-8-20(21)29-12-15-5-3-2-4-6-15)19(9-10-24)25-22(26)17-13-30-14-18(17)23(25)27/h2-8,11,13-14,19H,9,12H2,1H3. The Kier molecular flexibility index (Phi) is 5.50. The minimum absolute atomic E-state index is 0.0153. The minimum Gasteiger partial charge on any atom is -0.493 e. The van der Waals surface area contributed by atoms with Crippen LogP contribution in [-0.2, 0) is 6.61 Å². The zero-order valence-corrected chi connectivity index (χ0v) is 17.0. The Morgan fingerprint density at radius 3 is 2.37 bits per heavy atom. The molecule has 1 aliphatic rings. The monoisotopic (exact) mass is 418 g/mol. The van der Waals surface area contributed by atoms with Gasteiger partial charge < -0.3 is 9.47 Å². The van der Waals surface area contributed by atoms with E-state index in [1.54, 1.807) is 29.0 Å². The maximum atomic E-state index is 12.8. The summed E-state index contributed by atoms with van der Waals surface area (Å²) in [4.78, 5) is 26.7. The summed E-state index contributed by atoms with van der Waals surface area (Å²) >= 11 is 1.31. The summed E-state index contributed by atoms with van der Waals surface area (Å²) < 4.78 is 11.3. The predicted molar refractivity (Wildman–Crippen MR) is 112 cm³/mol. The third-order valence-electron chi connectivity index (χ3n) is 4.97. The Hall–Kier alpha value is -3.63. The van der Waals surface area contributed by atoms with Crippen LogP contribution in [0.25, 0.3) is 0 Å². The Labute approximate surface area is 177 Å². The molecule has 4 rings (SSSR count). The molecule has 2 aromatic carbocycles. The molecule has 3 aromatic rings. The molecular formula is C23H18N2O4S. The van der Waals surface area contributed by atoms with E-state index in [0.29, 0.717) is 34.8 Å². The van der Waals surface area contributed by atoms with Crippen molar-refractivity contribution in [2.75, 3.05) is 7.11 Å². The fraction of sp³-hybridized carbons (Fsp3) is 0.174. The first-order valence-electron chi connectivity index (χ1n) is 9.29. The van der Waals surface area contributed by atoms with Crippen LogP contribution in [0.5, 0.6) is 11.5 Å². The number of benzene rings is 2. The normalized spacial score (nSPS) is 13.7. The van der Waals surface area contributed by atoms with E-state index in [1.807, 2.05) is 30.3 Å². The van der Waals surface area contributed by atoms with Crippen molar-refractivity contribution in [3.63, 3.8) is 0 Å². The third kappa shape index (κ3) is 3.53. The summed E-state index contributed by atoms with van der Waals surface area (Å²) in [6.07, 6.45) is -0.0153. The Balaban J connectivity index is 1.61. The van der Waals surface area contributed by atoms with E-state index in [1.165, 1.54) is 23.3 Å². The van der Waals surface area contributed by atoms with Gasteiger partial charge in [0.1, 0.15) is 6.61 Å². The number of carbonyl (C=O) groups excluding carboxylic acids is 2. The highest BCUT2D eigenvalue weighted by Gasteiger charge is 2.41. The van der Waals surface area contributed by atoms with Gasteiger partial charge in [0.2, 0.25) is 0 Å². The molecule has 1 aliphatic heterocycles. The van der Waals surface area contributed by atoms with E-state index >= 15 is 0 Å². The van der Waals surface area contributed by atoms with Gasteiger partial charge in [0, 0.05) is 10.8 Å². The summed E-state index contributed by atoms with van der Waals surface area (Å²) in [6.45, 7) is 0.376. The molecule has 0 spiro atoms. The van der Waals surface area contributed by atoms with Crippen LogP contribution in [0.3, 0.4) is 0 Å². The number of thiophene rings is 1. The number of nitrogens with zero attached hydrogens (tertiary/aromatic N) is 2. The number of fused-ring (bicyclic) bond motifs is 1. The number of rotatable bonds is 7. The fourth-order valence-electron chi connectivity index (χ4n) is 3.45. The summed E-state index contributed by atoms with van der Waals surface area (Å²) in [6, 6.07) is 16.3. The molecule has 0 radical (unpaired) electrons. The quantitative estimate of drug-likeness (QED) is 0.525. The van der Waals surface area contributed by atoms with Gasteiger partial charge in [-0.2, -0.15) is 16.6 Å². The average Bonchev–Trinajstić information content (AvgIpc) is 3.35. The highest BCUT2D eigenvalue weighted by molar-refractivity contribution is 7.08.